The summed E-state index contributed by atoms with van der Waals surface area (Å²) in [6.07, 6.45) is 0.385. The largest absolute Gasteiger partial charge is 0.350 e. The van der Waals surface area contributed by atoms with Gasteiger partial charge in [-0.3, -0.25) is 4.79 Å². The Hall–Kier alpha value is -1.35. The molecule has 15 heavy (non-hydrogen) atoms. The van der Waals surface area contributed by atoms with Crippen LogP contribution in [0.3, 0.4) is 0 Å². The van der Waals surface area contributed by atoms with Crippen LogP contribution >= 0.6 is 0 Å². The molecule has 3 heteroatoms. The Kier molecular flexibility index (Phi) is 4.31. The van der Waals surface area contributed by atoms with Gasteiger partial charge < -0.3 is 11.1 Å². The van der Waals surface area contributed by atoms with E-state index in [1.165, 1.54) is 5.56 Å². The van der Waals surface area contributed by atoms with Gasteiger partial charge in [-0.1, -0.05) is 29.8 Å². The van der Waals surface area contributed by atoms with Gasteiger partial charge in [0.05, 0.1) is 6.04 Å². The zero-order valence-electron chi connectivity index (χ0n) is 9.29. The minimum Gasteiger partial charge on any atom is -0.350 e. The Balaban J connectivity index is 2.57. The Morgan fingerprint density at radius 1 is 1.40 bits per heavy atom. The van der Waals surface area contributed by atoms with Gasteiger partial charge in [0.15, 0.2) is 0 Å². The molecule has 1 aromatic carbocycles. The summed E-state index contributed by atoms with van der Waals surface area (Å²) >= 11 is 0. The average Bonchev–Trinajstić information content (AvgIpc) is 2.18. The fourth-order valence-electron chi connectivity index (χ4n) is 1.38. The molecule has 1 atom stereocenters. The van der Waals surface area contributed by atoms with Gasteiger partial charge in [0.1, 0.15) is 0 Å². The van der Waals surface area contributed by atoms with Crippen LogP contribution in [0.25, 0.3) is 0 Å². The van der Waals surface area contributed by atoms with E-state index in [0.717, 1.165) is 5.56 Å². The van der Waals surface area contributed by atoms with E-state index in [2.05, 4.69) is 5.32 Å². The molecule has 0 radical (unpaired) electrons. The summed E-state index contributed by atoms with van der Waals surface area (Å²) in [7, 11) is 0. The van der Waals surface area contributed by atoms with Gasteiger partial charge in [0.2, 0.25) is 5.91 Å². The van der Waals surface area contributed by atoms with Gasteiger partial charge in [-0.25, -0.2) is 0 Å². The van der Waals surface area contributed by atoms with Gasteiger partial charge >= 0.3 is 0 Å². The van der Waals surface area contributed by atoms with Crippen LogP contribution in [-0.4, -0.2) is 12.5 Å². The van der Waals surface area contributed by atoms with Crippen molar-refractivity contribution in [2.75, 3.05) is 6.54 Å². The zero-order valence-corrected chi connectivity index (χ0v) is 9.29. The molecule has 1 aromatic rings. The monoisotopic (exact) mass is 206 g/mol. The molecule has 0 aromatic heterocycles. The lowest BCUT2D eigenvalue weighted by atomic mass is 10.1. The maximum absolute atomic E-state index is 11.3. The quantitative estimate of drug-likeness (QED) is 0.784. The first-order valence-electron chi connectivity index (χ1n) is 5.19. The SMILES string of the molecule is Cc1ccc([C@H](C)NC(=O)CCN)cc1. The number of hydrogen-bond donors (Lipinski definition) is 2. The second-order valence-corrected chi connectivity index (χ2v) is 3.74. The van der Waals surface area contributed by atoms with Crippen molar-refractivity contribution in [2.24, 2.45) is 5.73 Å². The molecule has 82 valence electrons. The second kappa shape index (κ2) is 5.51. The standard InChI is InChI=1S/C12H18N2O/c1-9-3-5-11(6-4-9)10(2)14-12(15)7-8-13/h3-6,10H,7-8,13H2,1-2H3,(H,14,15)/t10-/m0/s1. The molecule has 0 aliphatic carbocycles. The summed E-state index contributed by atoms with van der Waals surface area (Å²) in [5.74, 6) is 0.00516. The predicted octanol–water partition coefficient (Wildman–Crippen LogP) is 1.52. The number of rotatable bonds is 4. The highest BCUT2D eigenvalue weighted by atomic mass is 16.1. The van der Waals surface area contributed by atoms with Crippen LogP contribution in [0, 0.1) is 6.92 Å². The molecule has 0 unspecified atom stereocenters. The molecule has 0 saturated heterocycles. The summed E-state index contributed by atoms with van der Waals surface area (Å²) < 4.78 is 0. The molecule has 0 spiro atoms. The lowest BCUT2D eigenvalue weighted by molar-refractivity contribution is -0.121. The van der Waals surface area contributed by atoms with E-state index in [4.69, 9.17) is 5.73 Å². The first-order chi connectivity index (χ1) is 7.13. The maximum atomic E-state index is 11.3. The molecule has 1 rings (SSSR count). The van der Waals surface area contributed by atoms with Gasteiger partial charge in [0.25, 0.3) is 0 Å². The van der Waals surface area contributed by atoms with E-state index in [1.54, 1.807) is 0 Å². The predicted molar refractivity (Wildman–Crippen MR) is 61.4 cm³/mol. The van der Waals surface area contributed by atoms with E-state index in [1.807, 2.05) is 38.1 Å². The molecule has 0 bridgehead atoms. The van der Waals surface area contributed by atoms with Crippen LogP contribution in [0.2, 0.25) is 0 Å². The van der Waals surface area contributed by atoms with Crippen molar-refractivity contribution in [3.05, 3.63) is 35.4 Å². The second-order valence-electron chi connectivity index (χ2n) is 3.74. The molecule has 0 saturated carbocycles. The van der Waals surface area contributed by atoms with Crippen LogP contribution in [0.4, 0.5) is 0 Å². The summed E-state index contributed by atoms with van der Waals surface area (Å²) in [5.41, 5.74) is 7.64. The first kappa shape index (κ1) is 11.7. The number of nitrogens with two attached hydrogens (primary N) is 1. The maximum Gasteiger partial charge on any atom is 0.221 e. The number of benzene rings is 1. The topological polar surface area (TPSA) is 55.1 Å². The summed E-state index contributed by atoms with van der Waals surface area (Å²) in [4.78, 5) is 11.3. The van der Waals surface area contributed by atoms with E-state index < -0.39 is 0 Å². The fraction of sp³-hybridized carbons (Fsp3) is 0.417. The smallest absolute Gasteiger partial charge is 0.221 e. The highest BCUT2D eigenvalue weighted by Crippen LogP contribution is 2.12. The molecule has 0 aliphatic rings. The fourth-order valence-corrected chi connectivity index (χ4v) is 1.38. The number of carbonyl (C=O) groups is 1. The molecular formula is C12H18N2O. The third kappa shape index (κ3) is 3.72. The molecule has 1 amide bonds. The van der Waals surface area contributed by atoms with Crippen LogP contribution in [0.15, 0.2) is 24.3 Å². The summed E-state index contributed by atoms with van der Waals surface area (Å²) in [6, 6.07) is 8.19. The third-order valence-corrected chi connectivity index (χ3v) is 2.33. The van der Waals surface area contributed by atoms with Crippen LogP contribution in [-0.2, 0) is 4.79 Å². The number of nitrogens with one attached hydrogen (secondary N) is 1. The molecule has 0 heterocycles. The van der Waals surface area contributed by atoms with Gasteiger partial charge in [0, 0.05) is 13.0 Å². The number of hydrogen-bond acceptors (Lipinski definition) is 2. The Labute approximate surface area is 90.7 Å². The van der Waals surface area contributed by atoms with Crippen molar-refractivity contribution < 1.29 is 4.79 Å². The normalized spacial score (nSPS) is 12.2. The van der Waals surface area contributed by atoms with E-state index in [0.29, 0.717) is 13.0 Å². The van der Waals surface area contributed by atoms with Crippen LogP contribution in [0.5, 0.6) is 0 Å². The van der Waals surface area contributed by atoms with E-state index in [9.17, 15) is 4.79 Å². The Bertz CT molecular complexity index is 319. The third-order valence-electron chi connectivity index (χ3n) is 2.33. The highest BCUT2D eigenvalue weighted by molar-refractivity contribution is 5.76. The van der Waals surface area contributed by atoms with Crippen molar-refractivity contribution >= 4 is 5.91 Å². The Morgan fingerprint density at radius 2 is 2.00 bits per heavy atom. The number of aryl methyl sites for hydroxylation is 1. The van der Waals surface area contributed by atoms with Crippen molar-refractivity contribution in [3.8, 4) is 0 Å². The van der Waals surface area contributed by atoms with E-state index >= 15 is 0 Å². The van der Waals surface area contributed by atoms with Crippen molar-refractivity contribution in [3.63, 3.8) is 0 Å². The molecule has 0 aliphatic heterocycles. The summed E-state index contributed by atoms with van der Waals surface area (Å²) in [6.45, 7) is 4.41. The minimum atomic E-state index is 0.00516. The zero-order chi connectivity index (χ0) is 11.3. The number of carbonyl (C=O) groups excluding carboxylic acids is 1. The van der Waals surface area contributed by atoms with Crippen LogP contribution < -0.4 is 11.1 Å². The first-order valence-corrected chi connectivity index (χ1v) is 5.19. The molecular weight excluding hydrogens is 188 g/mol. The van der Waals surface area contributed by atoms with Gasteiger partial charge in [-0.05, 0) is 19.4 Å². The number of amides is 1. The molecule has 0 fully saturated rings. The lowest BCUT2D eigenvalue weighted by Crippen LogP contribution is -2.28. The van der Waals surface area contributed by atoms with Gasteiger partial charge in [-0.15, -0.1) is 0 Å². The molecule has 3 N–H and O–H groups in total. The Morgan fingerprint density at radius 3 is 2.53 bits per heavy atom. The van der Waals surface area contributed by atoms with Crippen molar-refractivity contribution in [1.82, 2.24) is 5.32 Å². The van der Waals surface area contributed by atoms with Crippen molar-refractivity contribution in [1.29, 1.82) is 0 Å². The van der Waals surface area contributed by atoms with Gasteiger partial charge in [-0.2, -0.15) is 0 Å². The minimum absolute atomic E-state index is 0.00516. The average molecular weight is 206 g/mol. The van der Waals surface area contributed by atoms with E-state index in [-0.39, 0.29) is 11.9 Å². The van der Waals surface area contributed by atoms with Crippen molar-refractivity contribution in [2.45, 2.75) is 26.3 Å². The summed E-state index contributed by atoms with van der Waals surface area (Å²) in [5, 5.41) is 2.90. The van der Waals surface area contributed by atoms with Crippen LogP contribution in [0.1, 0.15) is 30.5 Å². The highest BCUT2D eigenvalue weighted by Gasteiger charge is 2.07. The molecule has 3 nitrogen and oxygen atoms in total. The lowest BCUT2D eigenvalue weighted by Gasteiger charge is -2.14.